The summed E-state index contributed by atoms with van der Waals surface area (Å²) in [6, 6.07) is 71.1. The van der Waals surface area contributed by atoms with E-state index < -0.39 is 0 Å². The Hall–Kier alpha value is -6.18. The molecule has 8 aromatic carbocycles. The van der Waals surface area contributed by atoms with Gasteiger partial charge in [-0.2, -0.15) is 0 Å². The number of rotatable bonds is 8. The Labute approximate surface area is 313 Å². The molecule has 8 aromatic rings. The third kappa shape index (κ3) is 6.67. The van der Waals surface area contributed by atoms with Gasteiger partial charge in [0.05, 0.1) is 5.69 Å². The molecule has 1 heteroatoms. The van der Waals surface area contributed by atoms with E-state index in [1.165, 1.54) is 98.6 Å². The highest BCUT2D eigenvalue weighted by atomic mass is 15.1. The highest BCUT2D eigenvalue weighted by Gasteiger charge is 2.22. The number of fused-ring (bicyclic) bond motifs is 1. The van der Waals surface area contributed by atoms with Gasteiger partial charge in [-0.05, 0) is 104 Å². The van der Waals surface area contributed by atoms with Gasteiger partial charge in [-0.25, -0.2) is 0 Å². The molecule has 0 atom stereocenters. The first-order valence-electron chi connectivity index (χ1n) is 19.1. The van der Waals surface area contributed by atoms with Crippen LogP contribution < -0.4 is 4.90 Å². The fourth-order valence-electron chi connectivity index (χ4n) is 8.39. The Morgan fingerprint density at radius 2 is 0.774 bits per heavy atom. The van der Waals surface area contributed by atoms with Crippen LogP contribution in [-0.4, -0.2) is 0 Å². The summed E-state index contributed by atoms with van der Waals surface area (Å²) in [4.78, 5) is 2.44. The number of nitrogens with zero attached hydrogens (tertiary/aromatic N) is 1. The Kier molecular flexibility index (Phi) is 9.14. The minimum absolute atomic E-state index is 0.608. The molecule has 0 unspecified atom stereocenters. The van der Waals surface area contributed by atoms with E-state index in [0.717, 1.165) is 11.4 Å². The quantitative estimate of drug-likeness (QED) is 0.154. The lowest BCUT2D eigenvalue weighted by atomic mass is 9.80. The van der Waals surface area contributed by atoms with E-state index in [-0.39, 0.29) is 0 Å². The normalized spacial score (nSPS) is 13.2. The fraction of sp³-hybridized carbons (Fsp3) is 0.115. The molecular weight excluding hydrogens is 639 g/mol. The highest BCUT2D eigenvalue weighted by molar-refractivity contribution is 6.03. The average molecular weight is 682 g/mol. The van der Waals surface area contributed by atoms with Crippen LogP contribution in [0.25, 0.3) is 55.3 Å². The van der Waals surface area contributed by atoms with Gasteiger partial charge in [0.15, 0.2) is 0 Å². The number of para-hydroxylation sites is 1. The van der Waals surface area contributed by atoms with Crippen LogP contribution in [0, 0.1) is 0 Å². The first kappa shape index (κ1) is 32.7. The molecule has 0 bridgehead atoms. The average Bonchev–Trinajstić information content (AvgIpc) is 3.25. The third-order valence-corrected chi connectivity index (χ3v) is 11.1. The van der Waals surface area contributed by atoms with Crippen LogP contribution >= 0.6 is 0 Å². The second-order valence-corrected chi connectivity index (χ2v) is 14.3. The summed E-state index contributed by atoms with van der Waals surface area (Å²) < 4.78 is 0. The summed E-state index contributed by atoms with van der Waals surface area (Å²) in [5, 5.41) is 2.73. The molecule has 0 heterocycles. The number of hydrogen-bond acceptors (Lipinski definition) is 1. The maximum Gasteiger partial charge on any atom is 0.0540 e. The summed E-state index contributed by atoms with van der Waals surface area (Å²) in [6.45, 7) is 0. The molecule has 1 saturated carbocycles. The van der Waals surface area contributed by atoms with Crippen LogP contribution in [0.3, 0.4) is 0 Å². The van der Waals surface area contributed by atoms with Crippen LogP contribution in [0.15, 0.2) is 194 Å². The fourth-order valence-corrected chi connectivity index (χ4v) is 8.39. The summed E-state index contributed by atoms with van der Waals surface area (Å²) >= 11 is 0. The van der Waals surface area contributed by atoms with Crippen LogP contribution in [0.5, 0.6) is 0 Å². The predicted octanol–water partition coefficient (Wildman–Crippen LogP) is 15.0. The molecule has 0 saturated heterocycles. The minimum atomic E-state index is 0.608. The van der Waals surface area contributed by atoms with Crippen molar-refractivity contribution in [3.05, 3.63) is 200 Å². The molecule has 0 spiro atoms. The standard InChI is InChI=1S/C52H43N/c1-4-14-38(15-5-1)40-26-28-41(29-27-40)43-32-36-47(37-33-43)53(46-34-30-42(31-35-46)39-16-6-2-7-17-39)51-25-11-10-22-49(51)50-24-13-21-45-20-12-23-48(52(45)50)44-18-8-3-9-19-44/h1-2,4-7,10-17,20-37,44H,3,8-9,18-19H2. The van der Waals surface area contributed by atoms with E-state index in [2.05, 4.69) is 199 Å². The van der Waals surface area contributed by atoms with Crippen molar-refractivity contribution in [1.29, 1.82) is 0 Å². The maximum absolute atomic E-state index is 2.44. The van der Waals surface area contributed by atoms with E-state index in [1.54, 1.807) is 0 Å². The zero-order valence-corrected chi connectivity index (χ0v) is 30.0. The lowest BCUT2D eigenvalue weighted by molar-refractivity contribution is 0.445. The van der Waals surface area contributed by atoms with Crippen LogP contribution in [0.4, 0.5) is 17.1 Å². The van der Waals surface area contributed by atoms with Crippen molar-refractivity contribution in [3.63, 3.8) is 0 Å². The zero-order valence-electron chi connectivity index (χ0n) is 30.0. The Bertz CT molecular complexity index is 2430. The van der Waals surface area contributed by atoms with Crippen LogP contribution in [0.1, 0.15) is 43.6 Å². The maximum atomic E-state index is 2.44. The second kappa shape index (κ2) is 14.8. The van der Waals surface area contributed by atoms with Gasteiger partial charge in [0.2, 0.25) is 0 Å². The molecular formula is C52H43N. The molecule has 0 N–H and O–H groups in total. The molecule has 256 valence electrons. The Morgan fingerprint density at radius 1 is 0.340 bits per heavy atom. The smallest absolute Gasteiger partial charge is 0.0540 e. The van der Waals surface area contributed by atoms with Gasteiger partial charge in [0.25, 0.3) is 0 Å². The molecule has 0 aromatic heterocycles. The van der Waals surface area contributed by atoms with E-state index in [4.69, 9.17) is 0 Å². The zero-order chi connectivity index (χ0) is 35.4. The molecule has 1 aliphatic rings. The van der Waals surface area contributed by atoms with Gasteiger partial charge >= 0.3 is 0 Å². The van der Waals surface area contributed by atoms with Crippen LogP contribution in [0.2, 0.25) is 0 Å². The lowest BCUT2D eigenvalue weighted by Crippen LogP contribution is -2.11. The minimum Gasteiger partial charge on any atom is -0.310 e. The van der Waals surface area contributed by atoms with Gasteiger partial charge in [0.1, 0.15) is 0 Å². The lowest BCUT2D eigenvalue weighted by Gasteiger charge is -2.29. The van der Waals surface area contributed by atoms with E-state index >= 15 is 0 Å². The molecule has 53 heavy (non-hydrogen) atoms. The van der Waals surface area contributed by atoms with Crippen molar-refractivity contribution in [3.8, 4) is 44.5 Å². The van der Waals surface area contributed by atoms with Gasteiger partial charge in [-0.15, -0.1) is 0 Å². The van der Waals surface area contributed by atoms with Crippen molar-refractivity contribution < 1.29 is 0 Å². The molecule has 1 fully saturated rings. The van der Waals surface area contributed by atoms with Gasteiger partial charge in [0, 0.05) is 16.9 Å². The van der Waals surface area contributed by atoms with Crippen molar-refractivity contribution >= 4 is 27.8 Å². The van der Waals surface area contributed by atoms with Crippen molar-refractivity contribution in [2.45, 2.75) is 38.0 Å². The topological polar surface area (TPSA) is 3.24 Å². The Balaban J connectivity index is 1.15. The first-order chi connectivity index (χ1) is 26.3. The van der Waals surface area contributed by atoms with Crippen molar-refractivity contribution in [1.82, 2.24) is 0 Å². The van der Waals surface area contributed by atoms with Gasteiger partial charge in [-0.1, -0.05) is 183 Å². The molecule has 0 amide bonds. The highest BCUT2D eigenvalue weighted by Crippen LogP contribution is 2.46. The van der Waals surface area contributed by atoms with E-state index in [0.29, 0.717) is 5.92 Å². The molecule has 1 nitrogen and oxygen atoms in total. The molecule has 0 radical (unpaired) electrons. The molecule has 0 aliphatic heterocycles. The van der Waals surface area contributed by atoms with E-state index in [9.17, 15) is 0 Å². The number of benzene rings is 8. The summed E-state index contributed by atoms with van der Waals surface area (Å²) in [5.74, 6) is 0.608. The summed E-state index contributed by atoms with van der Waals surface area (Å²) in [6.07, 6.45) is 6.54. The second-order valence-electron chi connectivity index (χ2n) is 14.3. The monoisotopic (exact) mass is 681 g/mol. The summed E-state index contributed by atoms with van der Waals surface area (Å²) in [5.41, 5.74) is 14.8. The van der Waals surface area contributed by atoms with Gasteiger partial charge < -0.3 is 4.90 Å². The molecule has 1 aliphatic carbocycles. The summed E-state index contributed by atoms with van der Waals surface area (Å²) in [7, 11) is 0. The SMILES string of the molecule is c1ccc(-c2ccc(-c3ccc(N(c4ccc(-c5ccccc5)cc4)c4ccccc4-c4cccc5cccc(C6CCCCC6)c45)cc3)cc2)cc1. The predicted molar refractivity (Wildman–Crippen MR) is 226 cm³/mol. The number of anilines is 3. The van der Waals surface area contributed by atoms with Crippen LogP contribution in [-0.2, 0) is 0 Å². The Morgan fingerprint density at radius 3 is 1.32 bits per heavy atom. The number of hydrogen-bond donors (Lipinski definition) is 0. The molecule has 9 rings (SSSR count). The largest absolute Gasteiger partial charge is 0.310 e. The third-order valence-electron chi connectivity index (χ3n) is 11.1. The van der Waals surface area contributed by atoms with Crippen molar-refractivity contribution in [2.75, 3.05) is 4.90 Å². The van der Waals surface area contributed by atoms with Gasteiger partial charge in [-0.3, -0.25) is 0 Å². The first-order valence-corrected chi connectivity index (χ1v) is 19.1. The van der Waals surface area contributed by atoms with E-state index in [1.807, 2.05) is 0 Å². The van der Waals surface area contributed by atoms with Crippen molar-refractivity contribution in [2.24, 2.45) is 0 Å².